The van der Waals surface area contributed by atoms with Crippen LogP contribution in [0.1, 0.15) is 23.2 Å². The first kappa shape index (κ1) is 20.3. The summed E-state index contributed by atoms with van der Waals surface area (Å²) < 4.78 is 10.7. The molecule has 0 aliphatic carbocycles. The molecule has 1 fully saturated rings. The molecule has 1 unspecified atom stereocenters. The molecular formula is C22H26N4O3. The van der Waals surface area contributed by atoms with E-state index in [1.54, 1.807) is 26.5 Å². The van der Waals surface area contributed by atoms with Gasteiger partial charge in [0.15, 0.2) is 0 Å². The fourth-order valence-corrected chi connectivity index (χ4v) is 3.37. The number of hydrogen-bond donors (Lipinski definition) is 2. The molecule has 0 radical (unpaired) electrons. The van der Waals surface area contributed by atoms with Gasteiger partial charge in [-0.3, -0.25) is 4.79 Å². The summed E-state index contributed by atoms with van der Waals surface area (Å²) in [6.45, 7) is 1.94. The van der Waals surface area contributed by atoms with Gasteiger partial charge >= 0.3 is 0 Å². The van der Waals surface area contributed by atoms with Crippen LogP contribution in [0.3, 0.4) is 0 Å². The van der Waals surface area contributed by atoms with Gasteiger partial charge in [-0.1, -0.05) is 5.92 Å². The first-order valence-electron chi connectivity index (χ1n) is 9.55. The van der Waals surface area contributed by atoms with E-state index in [4.69, 9.17) is 15.9 Å². The molecule has 1 aliphatic rings. The minimum absolute atomic E-state index is 0.203. The average molecular weight is 394 g/mol. The number of anilines is 2. The second-order valence-electron chi connectivity index (χ2n) is 6.82. The number of nitrogens with zero attached hydrogens (tertiary/aromatic N) is 2. The van der Waals surface area contributed by atoms with Gasteiger partial charge in [-0.15, -0.1) is 6.42 Å². The number of terminal acetylenes is 1. The highest BCUT2D eigenvalue weighted by Gasteiger charge is 2.21. The normalized spacial score (nSPS) is 15.9. The van der Waals surface area contributed by atoms with Gasteiger partial charge in [-0.25, -0.2) is 4.98 Å². The fourth-order valence-electron chi connectivity index (χ4n) is 3.37. The number of carbonyl (C=O) groups excluding carboxylic acids is 1. The third kappa shape index (κ3) is 5.32. The molecule has 29 heavy (non-hydrogen) atoms. The molecule has 7 heteroatoms. The van der Waals surface area contributed by atoms with Crippen molar-refractivity contribution in [1.82, 2.24) is 10.3 Å². The Morgan fingerprint density at radius 3 is 2.66 bits per heavy atom. The summed E-state index contributed by atoms with van der Waals surface area (Å²) in [6.07, 6.45) is 8.86. The summed E-state index contributed by atoms with van der Waals surface area (Å²) in [7, 11) is 3.28. The van der Waals surface area contributed by atoms with Gasteiger partial charge in [-0.2, -0.15) is 0 Å². The molecule has 7 nitrogen and oxygen atoms in total. The maximum atomic E-state index is 12.0. The van der Waals surface area contributed by atoms with Gasteiger partial charge in [0.25, 0.3) is 5.91 Å². The van der Waals surface area contributed by atoms with E-state index in [1.165, 1.54) is 0 Å². The Morgan fingerprint density at radius 2 is 2.03 bits per heavy atom. The van der Waals surface area contributed by atoms with Crippen LogP contribution in [-0.4, -0.2) is 50.8 Å². The topological polar surface area (TPSA) is 75.7 Å². The Labute approximate surface area is 171 Å². The number of methoxy groups -OCH3 is 2. The minimum atomic E-state index is -0.216. The summed E-state index contributed by atoms with van der Waals surface area (Å²) in [5.41, 5.74) is 1.46. The number of carbonyl (C=O) groups is 1. The smallest absolute Gasteiger partial charge is 0.253 e. The van der Waals surface area contributed by atoms with E-state index in [2.05, 4.69) is 26.4 Å². The highest BCUT2D eigenvalue weighted by molar-refractivity contribution is 5.94. The number of piperidine rings is 1. The third-order valence-corrected chi connectivity index (χ3v) is 4.83. The number of amides is 1. The lowest BCUT2D eigenvalue weighted by Crippen LogP contribution is -2.42. The monoisotopic (exact) mass is 394 g/mol. The maximum Gasteiger partial charge on any atom is 0.253 e. The third-order valence-electron chi connectivity index (χ3n) is 4.83. The molecule has 3 rings (SSSR count). The Hall–Kier alpha value is -3.40. The highest BCUT2D eigenvalue weighted by Crippen LogP contribution is 2.28. The van der Waals surface area contributed by atoms with E-state index in [0.717, 1.165) is 48.9 Å². The lowest BCUT2D eigenvalue weighted by atomic mass is 10.0. The second kappa shape index (κ2) is 9.69. The molecule has 1 aromatic carbocycles. The van der Waals surface area contributed by atoms with Crippen molar-refractivity contribution < 1.29 is 14.3 Å². The van der Waals surface area contributed by atoms with E-state index in [1.807, 2.05) is 24.3 Å². The summed E-state index contributed by atoms with van der Waals surface area (Å²) in [5, 5.41) is 6.21. The number of pyridine rings is 1. The average Bonchev–Trinajstić information content (AvgIpc) is 2.77. The standard InChI is InChI=1S/C22H26N4O3/c1-4-9-23-22(27)16-7-8-21(24-14-16)26-10-5-6-17(15-26)25-18-11-19(28-2)13-20(12-18)29-3/h1,7-8,11-14,17,25H,5-6,9-10,15H2,2-3H3,(H,23,27). The molecule has 1 aliphatic heterocycles. The van der Waals surface area contributed by atoms with E-state index in [0.29, 0.717) is 5.56 Å². The van der Waals surface area contributed by atoms with Crippen LogP contribution < -0.4 is 25.0 Å². The highest BCUT2D eigenvalue weighted by atomic mass is 16.5. The molecule has 1 atom stereocenters. The van der Waals surface area contributed by atoms with Crippen LogP contribution in [-0.2, 0) is 0 Å². The maximum absolute atomic E-state index is 12.0. The predicted molar refractivity (Wildman–Crippen MR) is 114 cm³/mol. The molecular weight excluding hydrogens is 368 g/mol. The van der Waals surface area contributed by atoms with E-state index < -0.39 is 0 Å². The number of hydrogen-bond acceptors (Lipinski definition) is 6. The number of rotatable bonds is 7. The quantitative estimate of drug-likeness (QED) is 0.703. The summed E-state index contributed by atoms with van der Waals surface area (Å²) >= 11 is 0. The molecule has 2 N–H and O–H groups in total. The first-order valence-corrected chi connectivity index (χ1v) is 9.55. The zero-order chi connectivity index (χ0) is 20.6. The lowest BCUT2D eigenvalue weighted by Gasteiger charge is -2.34. The number of benzene rings is 1. The SMILES string of the molecule is C#CCNC(=O)c1ccc(N2CCCC(Nc3cc(OC)cc(OC)c3)C2)nc1. The van der Waals surface area contributed by atoms with Gasteiger partial charge in [0, 0.05) is 49.2 Å². The molecule has 152 valence electrons. The van der Waals surface area contributed by atoms with Crippen molar-refractivity contribution in [3.8, 4) is 23.8 Å². The van der Waals surface area contributed by atoms with Crippen molar-refractivity contribution in [2.24, 2.45) is 0 Å². The first-order chi connectivity index (χ1) is 14.1. The molecule has 2 heterocycles. The van der Waals surface area contributed by atoms with Gasteiger partial charge < -0.3 is 25.0 Å². The largest absolute Gasteiger partial charge is 0.497 e. The van der Waals surface area contributed by atoms with Crippen molar-refractivity contribution >= 4 is 17.4 Å². The van der Waals surface area contributed by atoms with Gasteiger partial charge in [0.1, 0.15) is 17.3 Å². The zero-order valence-electron chi connectivity index (χ0n) is 16.8. The predicted octanol–water partition coefficient (Wildman–Crippen LogP) is 2.54. The zero-order valence-corrected chi connectivity index (χ0v) is 16.8. The Kier molecular flexibility index (Phi) is 6.80. The van der Waals surface area contributed by atoms with E-state index in [-0.39, 0.29) is 18.5 Å². The molecule has 1 amide bonds. The van der Waals surface area contributed by atoms with Crippen molar-refractivity contribution in [3.05, 3.63) is 42.1 Å². The molecule has 2 aromatic rings. The van der Waals surface area contributed by atoms with Crippen molar-refractivity contribution in [1.29, 1.82) is 0 Å². The minimum Gasteiger partial charge on any atom is -0.497 e. The lowest BCUT2D eigenvalue weighted by molar-refractivity contribution is 0.0958. The number of ether oxygens (including phenoxy) is 2. The summed E-state index contributed by atoms with van der Waals surface area (Å²) in [5.74, 6) is 4.53. The number of aromatic nitrogens is 1. The van der Waals surface area contributed by atoms with Crippen LogP contribution in [0, 0.1) is 12.3 Å². The Bertz CT molecular complexity index is 854. The van der Waals surface area contributed by atoms with Gasteiger partial charge in [0.2, 0.25) is 0 Å². The van der Waals surface area contributed by atoms with Crippen molar-refractivity contribution in [2.75, 3.05) is 44.1 Å². The molecule has 1 saturated heterocycles. The van der Waals surface area contributed by atoms with Crippen molar-refractivity contribution in [2.45, 2.75) is 18.9 Å². The second-order valence-corrected chi connectivity index (χ2v) is 6.82. The van der Waals surface area contributed by atoms with Crippen LogP contribution in [0.5, 0.6) is 11.5 Å². The molecule has 0 saturated carbocycles. The van der Waals surface area contributed by atoms with E-state index in [9.17, 15) is 4.79 Å². The fraction of sp³-hybridized carbons (Fsp3) is 0.364. The summed E-state index contributed by atoms with van der Waals surface area (Å²) in [6, 6.07) is 9.69. The molecule has 0 bridgehead atoms. The van der Waals surface area contributed by atoms with Gasteiger partial charge in [-0.05, 0) is 25.0 Å². The molecule has 1 aromatic heterocycles. The van der Waals surface area contributed by atoms with Crippen molar-refractivity contribution in [3.63, 3.8) is 0 Å². The van der Waals surface area contributed by atoms with Crippen LogP contribution in [0.15, 0.2) is 36.5 Å². The molecule has 0 spiro atoms. The van der Waals surface area contributed by atoms with Crippen LogP contribution >= 0.6 is 0 Å². The van der Waals surface area contributed by atoms with E-state index >= 15 is 0 Å². The Balaban J connectivity index is 1.65. The van der Waals surface area contributed by atoms with Gasteiger partial charge in [0.05, 0.1) is 26.3 Å². The van der Waals surface area contributed by atoms with Crippen LogP contribution in [0.4, 0.5) is 11.5 Å². The van der Waals surface area contributed by atoms with Crippen LogP contribution in [0.25, 0.3) is 0 Å². The number of nitrogens with one attached hydrogen (secondary N) is 2. The Morgan fingerprint density at radius 1 is 1.28 bits per heavy atom. The van der Waals surface area contributed by atoms with Crippen LogP contribution in [0.2, 0.25) is 0 Å². The summed E-state index contributed by atoms with van der Waals surface area (Å²) in [4.78, 5) is 18.7.